The molecular formula is C7H10ClNO. The number of hydrogen-bond acceptors (Lipinski definition) is 2. The van der Waals surface area contributed by atoms with Crippen LogP contribution in [0.4, 0.5) is 0 Å². The summed E-state index contributed by atoms with van der Waals surface area (Å²) in [6.07, 6.45) is 0. The molecule has 2 N–H and O–H groups in total. The van der Waals surface area contributed by atoms with E-state index in [0.717, 1.165) is 11.3 Å². The van der Waals surface area contributed by atoms with E-state index in [0.29, 0.717) is 5.22 Å². The van der Waals surface area contributed by atoms with Crippen molar-refractivity contribution in [2.24, 2.45) is 5.73 Å². The number of aryl methyl sites for hydroxylation is 1. The van der Waals surface area contributed by atoms with Crippen molar-refractivity contribution in [3.63, 3.8) is 0 Å². The fraction of sp³-hybridized carbons (Fsp3) is 0.429. The Kier molecular flexibility index (Phi) is 2.02. The highest BCUT2D eigenvalue weighted by Crippen LogP contribution is 2.24. The maximum atomic E-state index is 5.69. The molecule has 2 nitrogen and oxygen atoms in total. The minimum absolute atomic E-state index is 0.0510. The molecule has 0 aliphatic rings. The number of hydrogen-bond donors (Lipinski definition) is 1. The van der Waals surface area contributed by atoms with Crippen LogP contribution in [0.15, 0.2) is 10.5 Å². The first-order valence-corrected chi connectivity index (χ1v) is 3.50. The highest BCUT2D eigenvalue weighted by atomic mass is 35.5. The van der Waals surface area contributed by atoms with Crippen molar-refractivity contribution in [2.75, 3.05) is 0 Å². The van der Waals surface area contributed by atoms with Crippen molar-refractivity contribution in [1.29, 1.82) is 0 Å². The van der Waals surface area contributed by atoms with E-state index in [-0.39, 0.29) is 6.04 Å². The van der Waals surface area contributed by atoms with Gasteiger partial charge < -0.3 is 10.2 Å². The Morgan fingerprint density at radius 3 is 2.50 bits per heavy atom. The van der Waals surface area contributed by atoms with E-state index in [1.165, 1.54) is 0 Å². The summed E-state index contributed by atoms with van der Waals surface area (Å²) in [4.78, 5) is 0. The molecule has 0 bridgehead atoms. The maximum Gasteiger partial charge on any atom is 0.198 e. The Bertz CT molecular complexity index is 230. The Balaban J connectivity index is 3.03. The van der Waals surface area contributed by atoms with Gasteiger partial charge >= 0.3 is 0 Å². The second kappa shape index (κ2) is 2.64. The maximum absolute atomic E-state index is 5.69. The van der Waals surface area contributed by atoms with E-state index in [1.807, 2.05) is 19.9 Å². The number of furan rings is 1. The van der Waals surface area contributed by atoms with Crippen molar-refractivity contribution in [3.8, 4) is 0 Å². The largest absolute Gasteiger partial charge is 0.450 e. The van der Waals surface area contributed by atoms with Crippen LogP contribution in [0.2, 0.25) is 5.22 Å². The predicted molar refractivity (Wildman–Crippen MR) is 41.1 cm³/mol. The fourth-order valence-electron chi connectivity index (χ4n) is 0.816. The summed E-state index contributed by atoms with van der Waals surface area (Å²) in [6.45, 7) is 3.72. The summed E-state index contributed by atoms with van der Waals surface area (Å²) >= 11 is 5.69. The predicted octanol–water partition coefficient (Wildman–Crippen LogP) is 2.26. The van der Waals surface area contributed by atoms with Crippen LogP contribution in [-0.4, -0.2) is 0 Å². The lowest BCUT2D eigenvalue weighted by atomic mass is 10.2. The summed E-state index contributed by atoms with van der Waals surface area (Å²) in [7, 11) is 0. The van der Waals surface area contributed by atoms with Gasteiger partial charge in [-0.25, -0.2) is 0 Å². The zero-order valence-corrected chi connectivity index (χ0v) is 6.77. The van der Waals surface area contributed by atoms with Gasteiger partial charge in [-0.15, -0.1) is 0 Å². The standard InChI is InChI=1S/C7H10ClNO/c1-4-3-6(5(2)9)7(8)10-4/h3,5H,9H2,1-2H3. The summed E-state index contributed by atoms with van der Waals surface area (Å²) in [5.74, 6) is 0.803. The van der Waals surface area contributed by atoms with Crippen LogP contribution in [0.1, 0.15) is 24.3 Å². The Morgan fingerprint density at radius 2 is 2.30 bits per heavy atom. The molecule has 0 saturated carbocycles. The average Bonchev–Trinajstić information content (AvgIpc) is 2.10. The molecule has 10 heavy (non-hydrogen) atoms. The number of rotatable bonds is 1. The molecule has 1 aromatic heterocycles. The molecule has 0 fully saturated rings. The van der Waals surface area contributed by atoms with Gasteiger partial charge in [0.15, 0.2) is 5.22 Å². The van der Waals surface area contributed by atoms with Gasteiger partial charge in [-0.2, -0.15) is 0 Å². The van der Waals surface area contributed by atoms with Crippen LogP contribution >= 0.6 is 11.6 Å². The molecule has 3 heteroatoms. The van der Waals surface area contributed by atoms with Crippen molar-refractivity contribution in [1.82, 2.24) is 0 Å². The molecule has 56 valence electrons. The Hall–Kier alpha value is -0.470. The minimum Gasteiger partial charge on any atom is -0.450 e. The van der Waals surface area contributed by atoms with E-state index in [1.54, 1.807) is 0 Å². The molecular weight excluding hydrogens is 150 g/mol. The third kappa shape index (κ3) is 1.33. The number of nitrogens with two attached hydrogens (primary N) is 1. The van der Waals surface area contributed by atoms with Gasteiger partial charge in [-0.05, 0) is 31.5 Å². The van der Waals surface area contributed by atoms with Gasteiger partial charge in [-0.1, -0.05) is 0 Å². The molecule has 0 amide bonds. The van der Waals surface area contributed by atoms with Gasteiger partial charge in [0.05, 0.1) is 0 Å². The lowest BCUT2D eigenvalue weighted by Gasteiger charge is -1.98. The summed E-state index contributed by atoms with van der Waals surface area (Å²) in [6, 6.07) is 1.80. The van der Waals surface area contributed by atoms with E-state index in [2.05, 4.69) is 0 Å². The summed E-state index contributed by atoms with van der Waals surface area (Å²) < 4.78 is 5.06. The highest BCUT2D eigenvalue weighted by Gasteiger charge is 2.09. The smallest absolute Gasteiger partial charge is 0.198 e. The van der Waals surface area contributed by atoms with Crippen molar-refractivity contribution < 1.29 is 4.42 Å². The molecule has 1 aromatic rings. The average molecular weight is 160 g/mol. The second-order valence-corrected chi connectivity index (χ2v) is 2.72. The van der Waals surface area contributed by atoms with Crippen LogP contribution in [-0.2, 0) is 0 Å². The second-order valence-electron chi connectivity index (χ2n) is 2.37. The SMILES string of the molecule is Cc1cc(C(C)N)c(Cl)o1. The first kappa shape index (κ1) is 7.63. The third-order valence-corrected chi connectivity index (χ3v) is 1.62. The molecule has 1 heterocycles. The molecule has 1 rings (SSSR count). The molecule has 0 saturated heterocycles. The van der Waals surface area contributed by atoms with E-state index in [4.69, 9.17) is 21.8 Å². The van der Waals surface area contributed by atoms with E-state index < -0.39 is 0 Å². The molecule has 1 unspecified atom stereocenters. The fourth-order valence-corrected chi connectivity index (χ4v) is 1.16. The lowest BCUT2D eigenvalue weighted by molar-refractivity contribution is 0.532. The summed E-state index contributed by atoms with van der Waals surface area (Å²) in [5, 5.41) is 0.410. The van der Waals surface area contributed by atoms with E-state index >= 15 is 0 Å². The molecule has 0 radical (unpaired) electrons. The molecule has 1 atom stereocenters. The number of halogens is 1. The quantitative estimate of drug-likeness (QED) is 0.683. The van der Waals surface area contributed by atoms with Gasteiger partial charge in [0.2, 0.25) is 0 Å². The van der Waals surface area contributed by atoms with Gasteiger partial charge in [0, 0.05) is 11.6 Å². The van der Waals surface area contributed by atoms with Crippen molar-refractivity contribution >= 4 is 11.6 Å². The summed E-state index contributed by atoms with van der Waals surface area (Å²) in [5.41, 5.74) is 6.46. The van der Waals surface area contributed by atoms with Crippen molar-refractivity contribution in [3.05, 3.63) is 22.6 Å². The van der Waals surface area contributed by atoms with Crippen LogP contribution in [0.5, 0.6) is 0 Å². The van der Waals surface area contributed by atoms with Crippen LogP contribution < -0.4 is 5.73 Å². The molecule has 0 aliphatic carbocycles. The van der Waals surface area contributed by atoms with Crippen LogP contribution in [0.3, 0.4) is 0 Å². The Morgan fingerprint density at radius 1 is 1.70 bits per heavy atom. The van der Waals surface area contributed by atoms with Gasteiger partial charge in [-0.3, -0.25) is 0 Å². The van der Waals surface area contributed by atoms with Gasteiger partial charge in [0.1, 0.15) is 5.76 Å². The topological polar surface area (TPSA) is 39.2 Å². The monoisotopic (exact) mass is 159 g/mol. The van der Waals surface area contributed by atoms with Crippen LogP contribution in [0, 0.1) is 6.92 Å². The first-order valence-electron chi connectivity index (χ1n) is 3.12. The van der Waals surface area contributed by atoms with Crippen LogP contribution in [0.25, 0.3) is 0 Å². The zero-order chi connectivity index (χ0) is 7.72. The normalized spacial score (nSPS) is 13.6. The molecule has 0 aromatic carbocycles. The Labute approximate surface area is 65.0 Å². The minimum atomic E-state index is -0.0510. The lowest BCUT2D eigenvalue weighted by Crippen LogP contribution is -2.03. The molecule has 0 aliphatic heterocycles. The van der Waals surface area contributed by atoms with E-state index in [9.17, 15) is 0 Å². The highest BCUT2D eigenvalue weighted by molar-refractivity contribution is 6.29. The molecule has 0 spiro atoms. The first-order chi connectivity index (χ1) is 4.61. The zero-order valence-electron chi connectivity index (χ0n) is 6.02. The third-order valence-electron chi connectivity index (χ3n) is 1.33. The van der Waals surface area contributed by atoms with Crippen molar-refractivity contribution in [2.45, 2.75) is 19.9 Å². The van der Waals surface area contributed by atoms with Gasteiger partial charge in [0.25, 0.3) is 0 Å².